The van der Waals surface area contributed by atoms with Gasteiger partial charge >= 0.3 is 0 Å². The number of sulfonamides is 1. The third-order valence-electron chi connectivity index (χ3n) is 3.52. The van der Waals surface area contributed by atoms with Crippen LogP contribution >= 0.6 is 0 Å². The summed E-state index contributed by atoms with van der Waals surface area (Å²) in [6.07, 6.45) is 6.09. The molecule has 0 saturated heterocycles. The molecule has 1 N–H and O–H groups in total. The van der Waals surface area contributed by atoms with Crippen molar-refractivity contribution in [3.8, 4) is 22.9 Å². The van der Waals surface area contributed by atoms with Gasteiger partial charge in [-0.15, -0.1) is 0 Å². The molecule has 26 heavy (non-hydrogen) atoms. The normalized spacial score (nSPS) is 11.0. The monoisotopic (exact) mass is 372 g/mol. The van der Waals surface area contributed by atoms with Gasteiger partial charge < -0.3 is 9.47 Å². The number of nitrogens with zero attached hydrogens (tertiary/aromatic N) is 3. The standard InChI is InChI=1S/C17H16N4O4S/c1-24-12-5-6-15(25-2)16(10-12)26(22,23)21-13-4-3-7-20-17(13)14-11-18-8-9-19-14/h3-11,21H,1-2H3. The molecule has 0 bridgehead atoms. The van der Waals surface area contributed by atoms with Gasteiger partial charge in [-0.1, -0.05) is 0 Å². The van der Waals surface area contributed by atoms with Gasteiger partial charge in [0.2, 0.25) is 0 Å². The van der Waals surface area contributed by atoms with E-state index in [-0.39, 0.29) is 16.3 Å². The van der Waals surface area contributed by atoms with E-state index in [1.54, 1.807) is 24.4 Å². The maximum Gasteiger partial charge on any atom is 0.265 e. The zero-order chi connectivity index (χ0) is 18.6. The molecule has 0 amide bonds. The molecule has 0 radical (unpaired) electrons. The van der Waals surface area contributed by atoms with Crippen LogP contribution in [-0.4, -0.2) is 37.6 Å². The van der Waals surface area contributed by atoms with Crippen LogP contribution in [0.15, 0.2) is 60.0 Å². The molecule has 0 atom stereocenters. The second-order valence-corrected chi connectivity index (χ2v) is 6.76. The summed E-state index contributed by atoms with van der Waals surface area (Å²) >= 11 is 0. The van der Waals surface area contributed by atoms with E-state index in [2.05, 4.69) is 19.7 Å². The van der Waals surface area contributed by atoms with Crippen LogP contribution in [0.4, 0.5) is 5.69 Å². The predicted molar refractivity (Wildman–Crippen MR) is 95.6 cm³/mol. The molecule has 0 saturated carbocycles. The lowest BCUT2D eigenvalue weighted by Crippen LogP contribution is -2.15. The summed E-state index contributed by atoms with van der Waals surface area (Å²) in [5.74, 6) is 0.592. The van der Waals surface area contributed by atoms with Crippen LogP contribution in [0.5, 0.6) is 11.5 Å². The first-order valence-electron chi connectivity index (χ1n) is 7.51. The Labute approximate surface area is 150 Å². The number of ether oxygens (including phenoxy) is 2. The first-order chi connectivity index (χ1) is 12.5. The van der Waals surface area contributed by atoms with E-state index in [0.717, 1.165) is 0 Å². The lowest BCUT2D eigenvalue weighted by molar-refractivity contribution is 0.392. The van der Waals surface area contributed by atoms with Crippen LogP contribution in [0, 0.1) is 0 Å². The number of aromatic nitrogens is 3. The molecule has 2 heterocycles. The van der Waals surface area contributed by atoms with Gasteiger partial charge in [0.25, 0.3) is 10.0 Å². The zero-order valence-electron chi connectivity index (χ0n) is 14.1. The van der Waals surface area contributed by atoms with E-state index >= 15 is 0 Å². The second-order valence-electron chi connectivity index (χ2n) is 5.11. The van der Waals surface area contributed by atoms with E-state index in [0.29, 0.717) is 17.1 Å². The van der Waals surface area contributed by atoms with Crippen molar-refractivity contribution in [3.63, 3.8) is 0 Å². The maximum atomic E-state index is 12.9. The Bertz CT molecular complexity index is 1010. The van der Waals surface area contributed by atoms with Crippen molar-refractivity contribution in [1.29, 1.82) is 0 Å². The van der Waals surface area contributed by atoms with Crippen LogP contribution in [0.25, 0.3) is 11.4 Å². The number of anilines is 1. The Hall–Kier alpha value is -3.20. The van der Waals surface area contributed by atoms with Crippen molar-refractivity contribution in [2.24, 2.45) is 0 Å². The third kappa shape index (κ3) is 3.57. The van der Waals surface area contributed by atoms with Crippen LogP contribution in [0.1, 0.15) is 0 Å². The van der Waals surface area contributed by atoms with E-state index in [1.807, 2.05) is 0 Å². The predicted octanol–water partition coefficient (Wildman–Crippen LogP) is 2.36. The van der Waals surface area contributed by atoms with E-state index < -0.39 is 10.0 Å². The summed E-state index contributed by atoms with van der Waals surface area (Å²) in [5.41, 5.74) is 1.09. The van der Waals surface area contributed by atoms with Crippen molar-refractivity contribution < 1.29 is 17.9 Å². The van der Waals surface area contributed by atoms with Crippen molar-refractivity contribution in [3.05, 3.63) is 55.1 Å². The lowest BCUT2D eigenvalue weighted by atomic mass is 10.2. The first kappa shape index (κ1) is 17.6. The fourth-order valence-corrected chi connectivity index (χ4v) is 3.56. The van der Waals surface area contributed by atoms with Crippen LogP contribution < -0.4 is 14.2 Å². The summed E-state index contributed by atoms with van der Waals surface area (Å²) < 4.78 is 38.7. The lowest BCUT2D eigenvalue weighted by Gasteiger charge is -2.14. The van der Waals surface area contributed by atoms with Gasteiger partial charge in [-0.3, -0.25) is 19.7 Å². The molecule has 134 valence electrons. The SMILES string of the molecule is COc1ccc(OC)c(S(=O)(=O)Nc2cccnc2-c2cnccn2)c1. The van der Waals surface area contributed by atoms with Crippen molar-refractivity contribution in [1.82, 2.24) is 15.0 Å². The minimum atomic E-state index is -3.96. The number of hydrogen-bond donors (Lipinski definition) is 1. The van der Waals surface area contributed by atoms with E-state index in [9.17, 15) is 8.42 Å². The molecule has 0 spiro atoms. The summed E-state index contributed by atoms with van der Waals surface area (Å²) in [4.78, 5) is 12.3. The quantitative estimate of drug-likeness (QED) is 0.708. The highest BCUT2D eigenvalue weighted by Crippen LogP contribution is 2.31. The van der Waals surface area contributed by atoms with Crippen molar-refractivity contribution >= 4 is 15.7 Å². The largest absolute Gasteiger partial charge is 0.497 e. The van der Waals surface area contributed by atoms with Gasteiger partial charge in [0.1, 0.15) is 27.8 Å². The average Bonchev–Trinajstić information content (AvgIpc) is 2.68. The van der Waals surface area contributed by atoms with Gasteiger partial charge in [0, 0.05) is 24.7 Å². The van der Waals surface area contributed by atoms with Crippen molar-refractivity contribution in [2.45, 2.75) is 4.90 Å². The smallest absolute Gasteiger partial charge is 0.265 e. The molecule has 0 aliphatic heterocycles. The minimum Gasteiger partial charge on any atom is -0.497 e. The Morgan fingerprint density at radius 2 is 1.85 bits per heavy atom. The second kappa shape index (κ2) is 7.36. The van der Waals surface area contributed by atoms with E-state index in [1.165, 1.54) is 44.9 Å². The Kier molecular flexibility index (Phi) is 4.99. The highest BCUT2D eigenvalue weighted by molar-refractivity contribution is 7.92. The molecule has 8 nitrogen and oxygen atoms in total. The molecule has 3 aromatic rings. The molecule has 1 aromatic carbocycles. The molecule has 0 unspecified atom stereocenters. The summed E-state index contributed by atoms with van der Waals surface area (Å²) in [5, 5.41) is 0. The molecule has 9 heteroatoms. The third-order valence-corrected chi connectivity index (χ3v) is 4.90. The van der Waals surface area contributed by atoms with Gasteiger partial charge in [0.05, 0.1) is 26.1 Å². The fourth-order valence-electron chi connectivity index (χ4n) is 2.31. The number of hydrogen-bond acceptors (Lipinski definition) is 7. The summed E-state index contributed by atoms with van der Waals surface area (Å²) in [6, 6.07) is 7.76. The first-order valence-corrected chi connectivity index (χ1v) is 8.99. The maximum absolute atomic E-state index is 12.9. The molecule has 2 aromatic heterocycles. The number of nitrogens with one attached hydrogen (secondary N) is 1. The van der Waals surface area contributed by atoms with Gasteiger partial charge in [-0.05, 0) is 24.3 Å². The Morgan fingerprint density at radius 3 is 2.54 bits per heavy atom. The molecular formula is C17H16N4O4S. The number of rotatable bonds is 6. The number of benzene rings is 1. The molecule has 0 aliphatic rings. The number of pyridine rings is 1. The fraction of sp³-hybridized carbons (Fsp3) is 0.118. The van der Waals surface area contributed by atoms with E-state index in [4.69, 9.17) is 9.47 Å². The van der Waals surface area contributed by atoms with Gasteiger partial charge in [-0.25, -0.2) is 8.42 Å². The summed E-state index contributed by atoms with van der Waals surface area (Å²) in [7, 11) is -1.11. The van der Waals surface area contributed by atoms with Gasteiger partial charge in [-0.2, -0.15) is 0 Å². The topological polar surface area (TPSA) is 103 Å². The van der Waals surface area contributed by atoms with Crippen molar-refractivity contribution in [2.75, 3.05) is 18.9 Å². The number of methoxy groups -OCH3 is 2. The van der Waals surface area contributed by atoms with Crippen LogP contribution in [-0.2, 0) is 10.0 Å². The molecular weight excluding hydrogens is 356 g/mol. The molecule has 3 rings (SSSR count). The Morgan fingerprint density at radius 1 is 1.00 bits per heavy atom. The molecule has 0 aliphatic carbocycles. The highest BCUT2D eigenvalue weighted by atomic mass is 32.2. The minimum absolute atomic E-state index is 0.0479. The van der Waals surface area contributed by atoms with Gasteiger partial charge in [0.15, 0.2) is 0 Å². The zero-order valence-corrected chi connectivity index (χ0v) is 14.9. The summed E-state index contributed by atoms with van der Waals surface area (Å²) in [6.45, 7) is 0. The average molecular weight is 372 g/mol. The van der Waals surface area contributed by atoms with Crippen LogP contribution in [0.3, 0.4) is 0 Å². The Balaban J connectivity index is 2.05. The highest BCUT2D eigenvalue weighted by Gasteiger charge is 2.22. The molecule has 0 fully saturated rings. The van der Waals surface area contributed by atoms with Crippen LogP contribution in [0.2, 0.25) is 0 Å².